The number of ether oxygens (including phenoxy) is 1. The molecule has 2 rings (SSSR count). The molecule has 0 bridgehead atoms. The third kappa shape index (κ3) is 3.63. The summed E-state index contributed by atoms with van der Waals surface area (Å²) < 4.78 is 8.44. The summed E-state index contributed by atoms with van der Waals surface area (Å²) >= 11 is 3.40. The fourth-order valence-corrected chi connectivity index (χ4v) is 2.67. The van der Waals surface area contributed by atoms with E-state index >= 15 is 0 Å². The van der Waals surface area contributed by atoms with E-state index in [0.717, 1.165) is 22.1 Å². The Hall–Kier alpha value is -0.723. The van der Waals surface area contributed by atoms with Gasteiger partial charge in [-0.2, -0.15) is 5.10 Å². The number of rotatable bonds is 5. The number of hydrogen-bond acceptors (Lipinski definition) is 3. The minimum absolute atomic E-state index is 0.475. The summed E-state index contributed by atoms with van der Waals surface area (Å²) in [6.45, 7) is 8.31. The topological polar surface area (TPSA) is 39.9 Å². The summed E-state index contributed by atoms with van der Waals surface area (Å²) in [4.78, 5) is 4.35. The van der Waals surface area contributed by atoms with Gasteiger partial charge in [-0.1, -0.05) is 19.6 Å². The van der Waals surface area contributed by atoms with Crippen LogP contribution in [0.1, 0.15) is 0 Å². The first-order chi connectivity index (χ1) is 8.46. The molecule has 18 heavy (non-hydrogen) atoms. The lowest BCUT2D eigenvalue weighted by Gasteiger charge is -2.15. The van der Waals surface area contributed by atoms with Gasteiger partial charge in [0.05, 0.1) is 6.20 Å². The molecule has 2 aromatic rings. The van der Waals surface area contributed by atoms with Crippen LogP contribution in [-0.2, 0) is 11.5 Å². The van der Waals surface area contributed by atoms with E-state index in [9.17, 15) is 0 Å². The molecule has 0 spiro atoms. The Morgan fingerprint density at radius 2 is 2.11 bits per heavy atom. The summed E-state index contributed by atoms with van der Waals surface area (Å²) in [7, 11) is -1.02. The Labute approximate surface area is 116 Å². The first kappa shape index (κ1) is 13.7. The van der Waals surface area contributed by atoms with Gasteiger partial charge in [-0.15, -0.1) is 0 Å². The van der Waals surface area contributed by atoms with Crippen LogP contribution in [-0.4, -0.2) is 29.4 Å². The van der Waals surface area contributed by atoms with Gasteiger partial charge in [0.15, 0.2) is 5.65 Å². The molecule has 2 aromatic heterocycles. The summed E-state index contributed by atoms with van der Waals surface area (Å²) in [6.07, 6.45) is 3.59. The molecule has 0 aliphatic heterocycles. The third-order valence-corrected chi connectivity index (χ3v) is 4.79. The number of aromatic nitrogens is 3. The molecule has 0 saturated heterocycles. The van der Waals surface area contributed by atoms with Crippen molar-refractivity contribution in [3.63, 3.8) is 0 Å². The standard InChI is InChI=1S/C12H18BrN3OSi/c1-18(2,3)5-4-17-9-16-12-10(7-15-16)6-11(13)8-14-12/h6-8H,4-5,9H2,1-3H3. The molecule has 2 heterocycles. The monoisotopic (exact) mass is 327 g/mol. The van der Waals surface area contributed by atoms with Crippen molar-refractivity contribution in [2.24, 2.45) is 0 Å². The Kier molecular flexibility index (Phi) is 4.19. The smallest absolute Gasteiger partial charge is 0.160 e. The van der Waals surface area contributed by atoms with Gasteiger partial charge in [0.25, 0.3) is 0 Å². The first-order valence-corrected chi connectivity index (χ1v) is 10.5. The molecule has 4 nitrogen and oxygen atoms in total. The quantitative estimate of drug-likeness (QED) is 0.623. The largest absolute Gasteiger partial charge is 0.359 e. The summed E-state index contributed by atoms with van der Waals surface area (Å²) in [5.41, 5.74) is 0.867. The highest BCUT2D eigenvalue weighted by atomic mass is 79.9. The minimum Gasteiger partial charge on any atom is -0.359 e. The molecule has 0 radical (unpaired) electrons. The molecule has 0 fully saturated rings. The van der Waals surface area contributed by atoms with Gasteiger partial charge in [0.2, 0.25) is 0 Å². The van der Waals surface area contributed by atoms with Crippen LogP contribution in [0.3, 0.4) is 0 Å². The molecular weight excluding hydrogens is 310 g/mol. The third-order valence-electron chi connectivity index (χ3n) is 2.65. The predicted octanol–water partition coefficient (Wildman–Crippen LogP) is 3.51. The van der Waals surface area contributed by atoms with Crippen LogP contribution in [0.5, 0.6) is 0 Å². The average molecular weight is 328 g/mol. The normalized spacial score (nSPS) is 12.2. The van der Waals surface area contributed by atoms with Crippen molar-refractivity contribution >= 4 is 35.0 Å². The molecule has 0 unspecified atom stereocenters. The molecule has 98 valence electrons. The number of halogens is 1. The predicted molar refractivity (Wildman–Crippen MR) is 79.3 cm³/mol. The molecule has 0 aromatic carbocycles. The van der Waals surface area contributed by atoms with Crippen LogP contribution >= 0.6 is 15.9 Å². The Balaban J connectivity index is 1.96. The van der Waals surface area contributed by atoms with Gasteiger partial charge in [0.1, 0.15) is 6.73 Å². The average Bonchev–Trinajstić information content (AvgIpc) is 2.65. The molecule has 0 aliphatic carbocycles. The zero-order valence-electron chi connectivity index (χ0n) is 11.0. The number of nitrogens with zero attached hydrogens (tertiary/aromatic N) is 3. The lowest BCUT2D eigenvalue weighted by Crippen LogP contribution is -2.22. The molecule has 0 aliphatic rings. The fourth-order valence-electron chi connectivity index (χ4n) is 1.57. The molecule has 0 atom stereocenters. The van der Waals surface area contributed by atoms with Crippen molar-refractivity contribution in [1.82, 2.24) is 14.8 Å². The van der Waals surface area contributed by atoms with Crippen LogP contribution in [0, 0.1) is 0 Å². The zero-order valence-corrected chi connectivity index (χ0v) is 13.6. The van der Waals surface area contributed by atoms with Gasteiger partial charge in [-0.05, 0) is 28.0 Å². The van der Waals surface area contributed by atoms with E-state index in [4.69, 9.17) is 4.74 Å². The highest BCUT2D eigenvalue weighted by Gasteiger charge is 2.12. The van der Waals surface area contributed by atoms with Crippen molar-refractivity contribution in [2.45, 2.75) is 32.4 Å². The van der Waals surface area contributed by atoms with Crippen LogP contribution < -0.4 is 0 Å². The van der Waals surface area contributed by atoms with E-state index in [2.05, 4.69) is 45.7 Å². The lowest BCUT2D eigenvalue weighted by atomic mass is 10.4. The summed E-state index contributed by atoms with van der Waals surface area (Å²) in [5, 5.41) is 5.32. The van der Waals surface area contributed by atoms with E-state index < -0.39 is 8.07 Å². The van der Waals surface area contributed by atoms with E-state index in [1.54, 1.807) is 10.9 Å². The molecular formula is C12H18BrN3OSi. The van der Waals surface area contributed by atoms with Gasteiger partial charge >= 0.3 is 0 Å². The second kappa shape index (κ2) is 5.50. The lowest BCUT2D eigenvalue weighted by molar-refractivity contribution is 0.0813. The maximum Gasteiger partial charge on any atom is 0.160 e. The van der Waals surface area contributed by atoms with Crippen LogP contribution in [0.15, 0.2) is 22.9 Å². The first-order valence-electron chi connectivity index (χ1n) is 6.00. The minimum atomic E-state index is -1.02. The molecule has 6 heteroatoms. The maximum absolute atomic E-state index is 5.68. The molecule has 0 saturated carbocycles. The van der Waals surface area contributed by atoms with Crippen LogP contribution in [0.2, 0.25) is 25.7 Å². The van der Waals surface area contributed by atoms with Crippen molar-refractivity contribution in [3.8, 4) is 0 Å². The van der Waals surface area contributed by atoms with Crippen molar-refractivity contribution < 1.29 is 4.74 Å². The SMILES string of the molecule is C[Si](C)(C)CCOCn1ncc2cc(Br)cnc21. The van der Waals surface area contributed by atoms with E-state index in [-0.39, 0.29) is 0 Å². The van der Waals surface area contributed by atoms with E-state index in [1.807, 2.05) is 12.3 Å². The second-order valence-electron chi connectivity index (χ2n) is 5.56. The maximum atomic E-state index is 5.68. The summed E-state index contributed by atoms with van der Waals surface area (Å²) in [6, 6.07) is 3.18. The summed E-state index contributed by atoms with van der Waals surface area (Å²) in [5.74, 6) is 0. The van der Waals surface area contributed by atoms with Crippen LogP contribution in [0.4, 0.5) is 0 Å². The second-order valence-corrected chi connectivity index (χ2v) is 12.1. The number of hydrogen-bond donors (Lipinski definition) is 0. The number of pyridine rings is 1. The van der Waals surface area contributed by atoms with Gasteiger partial charge in [-0.25, -0.2) is 9.67 Å². The van der Waals surface area contributed by atoms with Gasteiger partial charge in [0, 0.05) is 30.7 Å². The van der Waals surface area contributed by atoms with Gasteiger partial charge in [-0.3, -0.25) is 0 Å². The fraction of sp³-hybridized carbons (Fsp3) is 0.500. The van der Waals surface area contributed by atoms with Crippen LogP contribution in [0.25, 0.3) is 11.0 Å². The Morgan fingerprint density at radius 3 is 2.83 bits per heavy atom. The highest BCUT2D eigenvalue weighted by molar-refractivity contribution is 9.10. The van der Waals surface area contributed by atoms with E-state index in [1.165, 1.54) is 6.04 Å². The highest BCUT2D eigenvalue weighted by Crippen LogP contribution is 2.16. The van der Waals surface area contributed by atoms with Crippen molar-refractivity contribution in [3.05, 3.63) is 22.9 Å². The van der Waals surface area contributed by atoms with E-state index in [0.29, 0.717) is 6.73 Å². The zero-order chi connectivity index (χ0) is 13.2. The Bertz CT molecular complexity index is 536. The number of fused-ring (bicyclic) bond motifs is 1. The Morgan fingerprint density at radius 1 is 1.33 bits per heavy atom. The molecule has 0 amide bonds. The van der Waals surface area contributed by atoms with Gasteiger partial charge < -0.3 is 4.74 Å². The van der Waals surface area contributed by atoms with Crippen molar-refractivity contribution in [1.29, 1.82) is 0 Å². The molecule has 0 N–H and O–H groups in total. The van der Waals surface area contributed by atoms with Crippen molar-refractivity contribution in [2.75, 3.05) is 6.61 Å².